The van der Waals surface area contributed by atoms with Crippen LogP contribution in [0.4, 0.5) is 11.5 Å². The van der Waals surface area contributed by atoms with Crippen molar-refractivity contribution in [2.24, 2.45) is 0 Å². The molecule has 0 spiro atoms. The monoisotopic (exact) mass is 419 g/mol. The molecular weight excluding hydrogens is 394 g/mol. The van der Waals surface area contributed by atoms with E-state index in [0.29, 0.717) is 30.3 Å². The molecule has 0 unspecified atom stereocenters. The molecule has 8 heteroatoms. The number of piperazine rings is 1. The summed E-state index contributed by atoms with van der Waals surface area (Å²) in [5, 5.41) is 10.1. The molecule has 2 aromatic carbocycles. The average molecular weight is 419 g/mol. The maximum absolute atomic E-state index is 12.8. The van der Waals surface area contributed by atoms with Crippen LogP contribution in [0.2, 0.25) is 0 Å². The van der Waals surface area contributed by atoms with Crippen molar-refractivity contribution in [3.05, 3.63) is 54.1 Å². The second-order valence-electron chi connectivity index (χ2n) is 7.82. The van der Waals surface area contributed by atoms with Gasteiger partial charge in [-0.05, 0) is 43.4 Å². The van der Waals surface area contributed by atoms with Crippen molar-refractivity contribution >= 4 is 17.4 Å². The topological polar surface area (TPSA) is 82.7 Å². The first kappa shape index (κ1) is 19.4. The summed E-state index contributed by atoms with van der Waals surface area (Å²) in [6.45, 7) is 5.05. The van der Waals surface area contributed by atoms with E-state index in [-0.39, 0.29) is 5.91 Å². The van der Waals surface area contributed by atoms with E-state index in [1.807, 2.05) is 42.5 Å². The predicted molar refractivity (Wildman–Crippen MR) is 119 cm³/mol. The fraction of sp³-hybridized carbons (Fsp3) is 0.304. The number of ether oxygens (including phenoxy) is 2. The number of carbonyl (C=O) groups is 1. The van der Waals surface area contributed by atoms with E-state index in [2.05, 4.69) is 38.4 Å². The Morgan fingerprint density at radius 1 is 1.00 bits per heavy atom. The number of likely N-dealkylation sites (N-methyl/N-ethyl adjacent to an activating group) is 1. The Kier molecular flexibility index (Phi) is 5.21. The molecule has 8 nitrogen and oxygen atoms in total. The van der Waals surface area contributed by atoms with Gasteiger partial charge in [0.05, 0.1) is 5.69 Å². The van der Waals surface area contributed by atoms with Crippen LogP contribution >= 0.6 is 0 Å². The standard InChI is InChI=1S/C23H25N5O3/c1-27-7-9-28(10-8-27)18-4-2-3-17(13-18)23(29)24-22-15-19(25-26-22)16-5-6-20-21(14-16)31-12-11-30-20/h2-6,13-15H,7-12H2,1H3,(H2,24,25,26,29). The summed E-state index contributed by atoms with van der Waals surface area (Å²) in [4.78, 5) is 17.4. The predicted octanol–water partition coefficient (Wildman–Crippen LogP) is 2.85. The summed E-state index contributed by atoms with van der Waals surface area (Å²) in [6.07, 6.45) is 0. The fourth-order valence-electron chi connectivity index (χ4n) is 3.84. The highest BCUT2D eigenvalue weighted by Gasteiger charge is 2.17. The van der Waals surface area contributed by atoms with E-state index in [1.54, 1.807) is 0 Å². The molecular formula is C23H25N5O3. The number of carbonyl (C=O) groups excluding carboxylic acids is 1. The lowest BCUT2D eigenvalue weighted by Gasteiger charge is -2.34. The first-order chi connectivity index (χ1) is 15.2. The molecule has 31 heavy (non-hydrogen) atoms. The van der Waals surface area contributed by atoms with Gasteiger partial charge in [-0.1, -0.05) is 6.07 Å². The quantitative estimate of drug-likeness (QED) is 0.677. The highest BCUT2D eigenvalue weighted by molar-refractivity contribution is 6.04. The Hall–Kier alpha value is -3.52. The molecule has 2 aliphatic rings. The SMILES string of the molecule is CN1CCN(c2cccc(C(=O)Nc3cc(-c4ccc5c(c4)OCCO5)n[nH]3)c2)CC1. The summed E-state index contributed by atoms with van der Waals surface area (Å²) in [5.41, 5.74) is 3.30. The highest BCUT2D eigenvalue weighted by Crippen LogP contribution is 2.34. The molecule has 0 saturated carbocycles. The van der Waals surface area contributed by atoms with Gasteiger partial charge < -0.3 is 24.6 Å². The minimum Gasteiger partial charge on any atom is -0.486 e. The third kappa shape index (κ3) is 4.20. The number of fused-ring (bicyclic) bond motifs is 1. The van der Waals surface area contributed by atoms with Crippen molar-refractivity contribution < 1.29 is 14.3 Å². The van der Waals surface area contributed by atoms with E-state index >= 15 is 0 Å². The maximum atomic E-state index is 12.8. The number of benzene rings is 2. The van der Waals surface area contributed by atoms with Crippen molar-refractivity contribution in [3.63, 3.8) is 0 Å². The molecule has 3 heterocycles. The van der Waals surface area contributed by atoms with Crippen LogP contribution in [-0.2, 0) is 0 Å². The van der Waals surface area contributed by atoms with Gasteiger partial charge in [-0.25, -0.2) is 0 Å². The zero-order valence-corrected chi connectivity index (χ0v) is 17.4. The van der Waals surface area contributed by atoms with Gasteiger partial charge in [0.15, 0.2) is 11.5 Å². The Balaban J connectivity index is 1.28. The van der Waals surface area contributed by atoms with Gasteiger partial charge in [-0.15, -0.1) is 0 Å². The third-order valence-electron chi connectivity index (χ3n) is 5.64. The Morgan fingerprint density at radius 2 is 1.81 bits per heavy atom. The number of rotatable bonds is 4. The lowest BCUT2D eigenvalue weighted by molar-refractivity contribution is 0.102. The van der Waals surface area contributed by atoms with Gasteiger partial charge in [0.2, 0.25) is 0 Å². The molecule has 0 aliphatic carbocycles. The van der Waals surface area contributed by atoms with Crippen LogP contribution in [0.3, 0.4) is 0 Å². The van der Waals surface area contributed by atoms with Crippen LogP contribution in [0.15, 0.2) is 48.5 Å². The molecule has 1 saturated heterocycles. The van der Waals surface area contributed by atoms with Crippen LogP contribution in [-0.4, -0.2) is 67.4 Å². The normalized spacial score (nSPS) is 16.2. The lowest BCUT2D eigenvalue weighted by Crippen LogP contribution is -2.44. The van der Waals surface area contributed by atoms with E-state index in [0.717, 1.165) is 48.9 Å². The molecule has 2 aliphatic heterocycles. The summed E-state index contributed by atoms with van der Waals surface area (Å²) in [6, 6.07) is 15.3. The number of aromatic nitrogens is 2. The van der Waals surface area contributed by atoms with E-state index in [9.17, 15) is 4.79 Å². The van der Waals surface area contributed by atoms with Crippen molar-refractivity contribution in [1.82, 2.24) is 15.1 Å². The van der Waals surface area contributed by atoms with Crippen molar-refractivity contribution in [2.75, 3.05) is 56.7 Å². The maximum Gasteiger partial charge on any atom is 0.256 e. The lowest BCUT2D eigenvalue weighted by atomic mass is 10.1. The summed E-state index contributed by atoms with van der Waals surface area (Å²) >= 11 is 0. The summed E-state index contributed by atoms with van der Waals surface area (Å²) < 4.78 is 11.2. The second-order valence-corrected chi connectivity index (χ2v) is 7.82. The van der Waals surface area contributed by atoms with Crippen LogP contribution in [0, 0.1) is 0 Å². The number of hydrogen-bond donors (Lipinski definition) is 2. The van der Waals surface area contributed by atoms with Gasteiger partial charge in [0, 0.05) is 49.1 Å². The van der Waals surface area contributed by atoms with E-state index < -0.39 is 0 Å². The molecule has 3 aromatic rings. The van der Waals surface area contributed by atoms with Gasteiger partial charge in [0.1, 0.15) is 19.0 Å². The number of aromatic amines is 1. The number of nitrogens with zero attached hydrogens (tertiary/aromatic N) is 3. The highest BCUT2D eigenvalue weighted by atomic mass is 16.6. The molecule has 2 N–H and O–H groups in total. The first-order valence-electron chi connectivity index (χ1n) is 10.5. The van der Waals surface area contributed by atoms with E-state index in [1.165, 1.54) is 0 Å². The zero-order valence-electron chi connectivity index (χ0n) is 17.4. The molecule has 0 atom stereocenters. The van der Waals surface area contributed by atoms with Crippen molar-refractivity contribution in [1.29, 1.82) is 0 Å². The largest absolute Gasteiger partial charge is 0.486 e. The van der Waals surface area contributed by atoms with Crippen LogP contribution in [0.5, 0.6) is 11.5 Å². The molecule has 0 radical (unpaired) electrons. The van der Waals surface area contributed by atoms with Gasteiger partial charge in [0.25, 0.3) is 5.91 Å². The fourth-order valence-corrected chi connectivity index (χ4v) is 3.84. The Morgan fingerprint density at radius 3 is 2.65 bits per heavy atom. The number of H-pyrrole nitrogens is 1. The molecule has 160 valence electrons. The molecule has 1 aromatic heterocycles. The molecule has 5 rings (SSSR count). The van der Waals surface area contributed by atoms with Crippen molar-refractivity contribution in [3.8, 4) is 22.8 Å². The molecule has 1 fully saturated rings. The first-order valence-corrected chi connectivity index (χ1v) is 10.5. The van der Waals surface area contributed by atoms with Crippen LogP contribution < -0.4 is 19.7 Å². The Bertz CT molecular complexity index is 1090. The number of anilines is 2. The molecule has 1 amide bonds. The smallest absolute Gasteiger partial charge is 0.256 e. The Labute approximate surface area is 180 Å². The van der Waals surface area contributed by atoms with E-state index in [4.69, 9.17) is 9.47 Å². The number of amides is 1. The van der Waals surface area contributed by atoms with Crippen LogP contribution in [0.1, 0.15) is 10.4 Å². The molecule has 0 bridgehead atoms. The van der Waals surface area contributed by atoms with Gasteiger partial charge >= 0.3 is 0 Å². The minimum atomic E-state index is -0.173. The average Bonchev–Trinajstić information content (AvgIpc) is 3.28. The second kappa shape index (κ2) is 8.31. The third-order valence-corrected chi connectivity index (χ3v) is 5.64. The van der Waals surface area contributed by atoms with Crippen molar-refractivity contribution in [2.45, 2.75) is 0 Å². The van der Waals surface area contributed by atoms with Crippen LogP contribution in [0.25, 0.3) is 11.3 Å². The number of nitrogens with one attached hydrogen (secondary N) is 2. The summed E-state index contributed by atoms with van der Waals surface area (Å²) in [5.74, 6) is 1.81. The zero-order chi connectivity index (χ0) is 21.2. The van der Waals surface area contributed by atoms with Gasteiger partial charge in [-0.3, -0.25) is 9.89 Å². The summed E-state index contributed by atoms with van der Waals surface area (Å²) in [7, 11) is 2.13. The van der Waals surface area contributed by atoms with Gasteiger partial charge in [-0.2, -0.15) is 5.10 Å². The minimum absolute atomic E-state index is 0.173. The number of hydrogen-bond acceptors (Lipinski definition) is 6.